The summed E-state index contributed by atoms with van der Waals surface area (Å²) in [5.41, 5.74) is 0.839. The Morgan fingerprint density at radius 1 is 1.15 bits per heavy atom. The van der Waals surface area contributed by atoms with Crippen LogP contribution in [0, 0.1) is 0 Å². The second-order valence-electron chi connectivity index (χ2n) is 6.69. The molecule has 1 unspecified atom stereocenters. The van der Waals surface area contributed by atoms with Crippen molar-refractivity contribution >= 4 is 18.2 Å². The largest absolute Gasteiger partial charge is 0.468 e. The van der Waals surface area contributed by atoms with Gasteiger partial charge in [-0.25, -0.2) is 4.79 Å². The Hall–Kier alpha value is -2.83. The highest BCUT2D eigenvalue weighted by atomic mass is 16.5. The van der Waals surface area contributed by atoms with Gasteiger partial charge in [0.15, 0.2) is 0 Å². The van der Waals surface area contributed by atoms with Gasteiger partial charge in [0.2, 0.25) is 5.88 Å². The van der Waals surface area contributed by atoms with Gasteiger partial charge in [0.1, 0.15) is 23.5 Å². The molecular weight excluding hydrogens is 350 g/mol. The zero-order chi connectivity index (χ0) is 19.4. The van der Waals surface area contributed by atoms with E-state index in [4.69, 9.17) is 14.2 Å². The maximum absolute atomic E-state index is 12.6. The minimum Gasteiger partial charge on any atom is -0.468 e. The number of esters is 2. The van der Waals surface area contributed by atoms with E-state index < -0.39 is 17.9 Å². The van der Waals surface area contributed by atoms with Crippen LogP contribution < -0.4 is 10.1 Å². The fourth-order valence-corrected chi connectivity index (χ4v) is 3.63. The van der Waals surface area contributed by atoms with E-state index in [0.717, 1.165) is 25.7 Å². The normalized spacial score (nSPS) is 19.6. The molecule has 1 aromatic carbocycles. The lowest BCUT2D eigenvalue weighted by atomic mass is 9.87. The molecule has 27 heavy (non-hydrogen) atoms. The third-order valence-corrected chi connectivity index (χ3v) is 5.01. The molecule has 0 saturated heterocycles. The summed E-state index contributed by atoms with van der Waals surface area (Å²) in [4.78, 5) is 36.3. The lowest BCUT2D eigenvalue weighted by molar-refractivity contribution is -0.145. The lowest BCUT2D eigenvalue weighted by Gasteiger charge is -2.31. The van der Waals surface area contributed by atoms with E-state index in [9.17, 15) is 14.4 Å². The van der Waals surface area contributed by atoms with Crippen molar-refractivity contribution < 1.29 is 28.6 Å². The molecule has 1 aromatic rings. The molecule has 7 nitrogen and oxygen atoms in total. The maximum Gasteiger partial charge on any atom is 0.340 e. The van der Waals surface area contributed by atoms with E-state index in [-0.39, 0.29) is 17.5 Å². The van der Waals surface area contributed by atoms with Crippen LogP contribution in [0.15, 0.2) is 29.7 Å². The average molecular weight is 373 g/mol. The van der Waals surface area contributed by atoms with Gasteiger partial charge < -0.3 is 19.5 Å². The second-order valence-corrected chi connectivity index (χ2v) is 6.69. The van der Waals surface area contributed by atoms with Crippen LogP contribution in [-0.2, 0) is 19.1 Å². The predicted molar refractivity (Wildman–Crippen MR) is 96.3 cm³/mol. The summed E-state index contributed by atoms with van der Waals surface area (Å²) in [5.74, 6) is -1.70. The summed E-state index contributed by atoms with van der Waals surface area (Å²) < 4.78 is 15.8. The summed E-state index contributed by atoms with van der Waals surface area (Å²) in [5, 5.41) is 3.28. The van der Waals surface area contributed by atoms with Crippen molar-refractivity contribution in [3.63, 3.8) is 0 Å². The van der Waals surface area contributed by atoms with Crippen molar-refractivity contribution in [2.75, 3.05) is 14.2 Å². The Kier molecular flexibility index (Phi) is 5.78. The Balaban J connectivity index is 2.08. The summed E-state index contributed by atoms with van der Waals surface area (Å²) in [6.07, 6.45) is 5.97. The molecule has 2 aliphatic rings. The molecule has 0 bridgehead atoms. The van der Waals surface area contributed by atoms with Gasteiger partial charge >= 0.3 is 11.9 Å². The zero-order valence-corrected chi connectivity index (χ0v) is 15.4. The summed E-state index contributed by atoms with van der Waals surface area (Å²) in [7, 11) is 2.50. The van der Waals surface area contributed by atoms with Gasteiger partial charge in [-0.05, 0) is 31.0 Å². The summed E-state index contributed by atoms with van der Waals surface area (Å²) in [6, 6.07) is 4.90. The Morgan fingerprint density at radius 2 is 1.89 bits per heavy atom. The van der Waals surface area contributed by atoms with Gasteiger partial charge in [-0.3, -0.25) is 9.59 Å². The van der Waals surface area contributed by atoms with Gasteiger partial charge in [0.05, 0.1) is 14.2 Å². The van der Waals surface area contributed by atoms with E-state index in [0.29, 0.717) is 23.2 Å². The fourth-order valence-electron chi connectivity index (χ4n) is 3.63. The molecule has 1 N–H and O–H groups in total. The molecule has 0 radical (unpaired) electrons. The number of rotatable bonds is 5. The number of methoxy groups -OCH3 is 2. The molecular formula is C20H23NO6. The Labute approximate surface area is 157 Å². The molecule has 1 aliphatic heterocycles. The van der Waals surface area contributed by atoms with Crippen LogP contribution in [0.3, 0.4) is 0 Å². The average Bonchev–Trinajstić information content (AvgIpc) is 2.72. The highest BCUT2D eigenvalue weighted by Gasteiger charge is 2.41. The van der Waals surface area contributed by atoms with E-state index in [2.05, 4.69) is 5.32 Å². The number of ether oxygens (including phenoxy) is 3. The minimum atomic E-state index is -1.03. The summed E-state index contributed by atoms with van der Waals surface area (Å²) >= 11 is 0. The highest BCUT2D eigenvalue weighted by Crippen LogP contribution is 2.40. The lowest BCUT2D eigenvalue weighted by Crippen LogP contribution is -2.38. The zero-order valence-electron chi connectivity index (χ0n) is 15.4. The molecule has 144 valence electrons. The monoisotopic (exact) mass is 373 g/mol. The molecule has 3 rings (SSSR count). The first kappa shape index (κ1) is 18.9. The van der Waals surface area contributed by atoms with Crippen molar-refractivity contribution in [2.45, 2.75) is 44.1 Å². The third kappa shape index (κ3) is 3.82. The van der Waals surface area contributed by atoms with Gasteiger partial charge in [-0.2, -0.15) is 0 Å². The smallest absolute Gasteiger partial charge is 0.340 e. The molecule has 7 heteroatoms. The first-order chi connectivity index (χ1) is 13.1. The predicted octanol–water partition coefficient (Wildman–Crippen LogP) is 2.46. The molecule has 1 fully saturated rings. The number of hydrogen-bond acceptors (Lipinski definition) is 7. The quantitative estimate of drug-likeness (QED) is 0.626. The highest BCUT2D eigenvalue weighted by molar-refractivity contribution is 6.00. The number of aldehydes is 1. The number of hydrogen-bond donors (Lipinski definition) is 1. The van der Waals surface area contributed by atoms with Crippen LogP contribution in [0.25, 0.3) is 0 Å². The van der Waals surface area contributed by atoms with Crippen molar-refractivity contribution in [1.82, 2.24) is 5.32 Å². The van der Waals surface area contributed by atoms with Gasteiger partial charge in [0, 0.05) is 17.2 Å². The van der Waals surface area contributed by atoms with E-state index in [1.54, 1.807) is 12.1 Å². The van der Waals surface area contributed by atoms with Crippen LogP contribution >= 0.6 is 0 Å². The Bertz CT molecular complexity index is 779. The van der Waals surface area contributed by atoms with Crippen molar-refractivity contribution in [2.24, 2.45) is 0 Å². The molecule has 0 spiro atoms. The van der Waals surface area contributed by atoms with Crippen LogP contribution in [0.4, 0.5) is 0 Å². The number of nitrogens with one attached hydrogen (secondary N) is 1. The van der Waals surface area contributed by atoms with Gasteiger partial charge in [0.25, 0.3) is 0 Å². The van der Waals surface area contributed by atoms with Crippen molar-refractivity contribution in [1.29, 1.82) is 0 Å². The van der Waals surface area contributed by atoms with Gasteiger partial charge in [-0.1, -0.05) is 19.3 Å². The van der Waals surface area contributed by atoms with Crippen LogP contribution in [-0.4, -0.2) is 38.5 Å². The molecule has 1 saturated carbocycles. The Morgan fingerprint density at radius 3 is 2.52 bits per heavy atom. The minimum absolute atomic E-state index is 0.0606. The standard InChI is InChI=1S/C20H23NO6/c1-25-19(23)16-14-10-12(11-22)8-9-15(14)27-18(17(16)20(24)26-2)21-13-6-4-3-5-7-13/h8-11,13,16,21H,3-7H2,1-2H3. The van der Waals surface area contributed by atoms with E-state index in [1.807, 2.05) is 0 Å². The molecule has 1 aliphatic carbocycles. The van der Waals surface area contributed by atoms with Gasteiger partial charge in [-0.15, -0.1) is 0 Å². The molecule has 0 amide bonds. The van der Waals surface area contributed by atoms with E-state index >= 15 is 0 Å². The molecule has 0 aromatic heterocycles. The molecule has 1 heterocycles. The van der Waals surface area contributed by atoms with Crippen molar-refractivity contribution in [3.8, 4) is 5.75 Å². The first-order valence-corrected chi connectivity index (χ1v) is 9.02. The van der Waals surface area contributed by atoms with Crippen LogP contribution in [0.2, 0.25) is 0 Å². The number of carbonyl (C=O) groups excluding carboxylic acids is 3. The van der Waals surface area contributed by atoms with Crippen molar-refractivity contribution in [3.05, 3.63) is 40.8 Å². The number of benzene rings is 1. The third-order valence-electron chi connectivity index (χ3n) is 5.01. The first-order valence-electron chi connectivity index (χ1n) is 9.02. The van der Waals surface area contributed by atoms with Crippen LogP contribution in [0.1, 0.15) is 53.9 Å². The fraction of sp³-hybridized carbons (Fsp3) is 0.450. The second kappa shape index (κ2) is 8.24. The summed E-state index contributed by atoms with van der Waals surface area (Å²) in [6.45, 7) is 0. The number of carbonyl (C=O) groups is 3. The molecule has 1 atom stereocenters. The van der Waals surface area contributed by atoms with E-state index in [1.165, 1.54) is 26.7 Å². The SMILES string of the molecule is COC(=O)C1=C(NC2CCCCC2)Oc2ccc(C=O)cc2C1C(=O)OC. The topological polar surface area (TPSA) is 90.9 Å². The van der Waals surface area contributed by atoms with Crippen LogP contribution in [0.5, 0.6) is 5.75 Å². The number of fused-ring (bicyclic) bond motifs is 1. The maximum atomic E-state index is 12.6.